The molecule has 0 aliphatic carbocycles. The third-order valence-corrected chi connectivity index (χ3v) is 2.98. The Morgan fingerprint density at radius 1 is 1.50 bits per heavy atom. The molecule has 1 aromatic heterocycles. The van der Waals surface area contributed by atoms with Crippen LogP contribution in [0.3, 0.4) is 0 Å². The molecule has 16 heavy (non-hydrogen) atoms. The van der Waals surface area contributed by atoms with E-state index < -0.39 is 16.7 Å². The molecule has 0 aliphatic heterocycles. The van der Waals surface area contributed by atoms with Crippen LogP contribution in [-0.4, -0.2) is 16.7 Å². The SMILES string of the molecule is CC(=O)Nc1sc([N+](=O)[O-])c(C)c1C(N)=O. The molecule has 0 radical (unpaired) electrons. The van der Waals surface area contributed by atoms with E-state index in [1.54, 1.807) is 0 Å². The fraction of sp³-hybridized carbons (Fsp3) is 0.250. The second kappa shape index (κ2) is 4.27. The molecule has 7 nitrogen and oxygen atoms in total. The van der Waals surface area contributed by atoms with Gasteiger partial charge in [0.2, 0.25) is 5.91 Å². The summed E-state index contributed by atoms with van der Waals surface area (Å²) >= 11 is 0.719. The van der Waals surface area contributed by atoms with Crippen molar-refractivity contribution in [3.8, 4) is 0 Å². The number of primary amides is 1. The molecule has 0 aliphatic rings. The molecular weight excluding hydrogens is 234 g/mol. The lowest BCUT2D eigenvalue weighted by molar-refractivity contribution is -0.380. The molecule has 0 aromatic carbocycles. The summed E-state index contributed by atoms with van der Waals surface area (Å²) in [6.45, 7) is 2.66. The first kappa shape index (κ1) is 12.1. The van der Waals surface area contributed by atoms with Gasteiger partial charge in [0.15, 0.2) is 0 Å². The van der Waals surface area contributed by atoms with Gasteiger partial charge >= 0.3 is 5.00 Å². The molecule has 0 saturated carbocycles. The highest BCUT2D eigenvalue weighted by atomic mass is 32.1. The average Bonchev–Trinajstić information content (AvgIpc) is 2.41. The minimum atomic E-state index is -0.800. The zero-order chi connectivity index (χ0) is 12.5. The molecule has 3 N–H and O–H groups in total. The number of nitro groups is 1. The van der Waals surface area contributed by atoms with Crippen molar-refractivity contribution in [2.75, 3.05) is 5.32 Å². The number of carbonyl (C=O) groups excluding carboxylic acids is 2. The fourth-order valence-corrected chi connectivity index (χ4v) is 2.29. The summed E-state index contributed by atoms with van der Waals surface area (Å²) in [5, 5.41) is 12.9. The molecule has 86 valence electrons. The van der Waals surface area contributed by atoms with Crippen LogP contribution < -0.4 is 11.1 Å². The number of nitrogens with two attached hydrogens (primary N) is 1. The number of thiophene rings is 1. The number of anilines is 1. The number of amides is 2. The van der Waals surface area contributed by atoms with Crippen LogP contribution in [0.25, 0.3) is 0 Å². The maximum absolute atomic E-state index is 11.1. The molecule has 1 aromatic rings. The zero-order valence-electron chi connectivity index (χ0n) is 8.57. The van der Waals surface area contributed by atoms with E-state index in [1.807, 2.05) is 0 Å². The fourth-order valence-electron chi connectivity index (χ4n) is 1.22. The molecule has 8 heteroatoms. The largest absolute Gasteiger partial charge is 0.365 e. The van der Waals surface area contributed by atoms with Gasteiger partial charge in [-0.3, -0.25) is 19.7 Å². The van der Waals surface area contributed by atoms with E-state index in [2.05, 4.69) is 5.32 Å². The minimum Gasteiger partial charge on any atom is -0.365 e. The van der Waals surface area contributed by atoms with Crippen LogP contribution in [0.5, 0.6) is 0 Å². The molecule has 2 amide bonds. The Morgan fingerprint density at radius 2 is 2.06 bits per heavy atom. The maximum Gasteiger partial charge on any atom is 0.329 e. The zero-order valence-corrected chi connectivity index (χ0v) is 9.38. The normalized spacial score (nSPS) is 9.88. The van der Waals surface area contributed by atoms with E-state index in [4.69, 9.17) is 5.73 Å². The standard InChI is InChI=1S/C8H9N3O4S/c1-3-5(6(9)13)7(10-4(2)12)16-8(3)11(14)15/h1-2H3,(H2,9,13)(H,10,12). The van der Waals surface area contributed by atoms with Gasteiger partial charge in [0.1, 0.15) is 5.00 Å². The summed E-state index contributed by atoms with van der Waals surface area (Å²) in [5.41, 5.74) is 5.26. The Bertz CT molecular complexity index is 480. The highest BCUT2D eigenvalue weighted by Crippen LogP contribution is 2.38. The Balaban J connectivity index is 3.36. The highest BCUT2D eigenvalue weighted by Gasteiger charge is 2.26. The van der Waals surface area contributed by atoms with Crippen molar-refractivity contribution < 1.29 is 14.5 Å². The van der Waals surface area contributed by atoms with E-state index in [-0.39, 0.29) is 21.1 Å². The molecule has 0 saturated heterocycles. The number of nitrogens with zero attached hydrogens (tertiary/aromatic N) is 1. The molecular formula is C8H9N3O4S. The van der Waals surface area contributed by atoms with Gasteiger partial charge in [-0.05, 0) is 18.3 Å². The molecule has 1 heterocycles. The summed E-state index contributed by atoms with van der Waals surface area (Å²) in [7, 11) is 0. The lowest BCUT2D eigenvalue weighted by atomic mass is 10.2. The molecule has 0 bridgehead atoms. The summed E-state index contributed by atoms with van der Waals surface area (Å²) in [5.74, 6) is -1.22. The predicted molar refractivity (Wildman–Crippen MR) is 58.5 cm³/mol. The van der Waals surface area contributed by atoms with Gasteiger partial charge in [0.05, 0.1) is 16.1 Å². The second-order valence-electron chi connectivity index (χ2n) is 3.04. The van der Waals surface area contributed by atoms with Crippen LogP contribution in [-0.2, 0) is 4.79 Å². The summed E-state index contributed by atoms with van der Waals surface area (Å²) in [6, 6.07) is 0. The monoisotopic (exact) mass is 243 g/mol. The van der Waals surface area contributed by atoms with Crippen molar-refractivity contribution in [3.05, 3.63) is 21.2 Å². The van der Waals surface area contributed by atoms with Crippen LogP contribution in [0.15, 0.2) is 0 Å². The lowest BCUT2D eigenvalue weighted by Crippen LogP contribution is -2.15. The summed E-state index contributed by atoms with van der Waals surface area (Å²) in [4.78, 5) is 32.0. The first-order valence-corrected chi connectivity index (χ1v) is 5.01. The predicted octanol–water partition coefficient (Wildman–Crippen LogP) is 1.02. The van der Waals surface area contributed by atoms with Gasteiger partial charge in [0.25, 0.3) is 5.91 Å². The Labute approximate surface area is 94.4 Å². The van der Waals surface area contributed by atoms with E-state index in [1.165, 1.54) is 13.8 Å². The van der Waals surface area contributed by atoms with Crippen LogP contribution in [0.4, 0.5) is 10.0 Å². The van der Waals surface area contributed by atoms with Crippen molar-refractivity contribution in [2.24, 2.45) is 5.73 Å². The number of carbonyl (C=O) groups is 2. The lowest BCUT2D eigenvalue weighted by Gasteiger charge is -1.99. The van der Waals surface area contributed by atoms with Crippen LogP contribution in [0, 0.1) is 17.0 Å². The Morgan fingerprint density at radius 3 is 2.44 bits per heavy atom. The van der Waals surface area contributed by atoms with Crippen LogP contribution in [0.1, 0.15) is 22.8 Å². The second-order valence-corrected chi connectivity index (χ2v) is 4.04. The smallest absolute Gasteiger partial charge is 0.329 e. The summed E-state index contributed by atoms with van der Waals surface area (Å²) in [6.07, 6.45) is 0. The van der Waals surface area contributed by atoms with E-state index in [0.29, 0.717) is 0 Å². The molecule has 0 fully saturated rings. The first-order valence-electron chi connectivity index (χ1n) is 4.19. The highest BCUT2D eigenvalue weighted by molar-refractivity contribution is 7.20. The molecule has 0 spiro atoms. The average molecular weight is 243 g/mol. The Hall–Kier alpha value is -1.96. The van der Waals surface area contributed by atoms with Crippen molar-refractivity contribution in [3.63, 3.8) is 0 Å². The maximum atomic E-state index is 11.1. The van der Waals surface area contributed by atoms with Gasteiger partial charge < -0.3 is 11.1 Å². The number of hydrogen-bond acceptors (Lipinski definition) is 5. The third-order valence-electron chi connectivity index (χ3n) is 1.82. The van der Waals surface area contributed by atoms with Gasteiger partial charge in [0, 0.05) is 6.92 Å². The van der Waals surface area contributed by atoms with E-state index in [9.17, 15) is 19.7 Å². The topological polar surface area (TPSA) is 115 Å². The van der Waals surface area contributed by atoms with Gasteiger partial charge in [-0.15, -0.1) is 0 Å². The summed E-state index contributed by atoms with van der Waals surface area (Å²) < 4.78 is 0. The van der Waals surface area contributed by atoms with Crippen molar-refractivity contribution in [1.82, 2.24) is 0 Å². The molecule has 0 atom stereocenters. The van der Waals surface area contributed by atoms with Gasteiger partial charge in [-0.1, -0.05) is 0 Å². The number of nitrogens with one attached hydrogen (secondary N) is 1. The Kier molecular flexibility index (Phi) is 3.23. The molecule has 0 unspecified atom stereocenters. The van der Waals surface area contributed by atoms with Crippen LogP contribution >= 0.6 is 11.3 Å². The third kappa shape index (κ3) is 2.16. The first-order chi connectivity index (χ1) is 7.34. The number of hydrogen-bond donors (Lipinski definition) is 2. The minimum absolute atomic E-state index is 0.00750. The molecule has 1 rings (SSSR count). The quantitative estimate of drug-likeness (QED) is 0.609. The number of rotatable bonds is 3. The van der Waals surface area contributed by atoms with E-state index in [0.717, 1.165) is 11.3 Å². The van der Waals surface area contributed by atoms with E-state index >= 15 is 0 Å². The van der Waals surface area contributed by atoms with Gasteiger partial charge in [-0.25, -0.2) is 0 Å². The van der Waals surface area contributed by atoms with Crippen LogP contribution in [0.2, 0.25) is 0 Å². The van der Waals surface area contributed by atoms with Crippen molar-refractivity contribution >= 4 is 33.2 Å². The van der Waals surface area contributed by atoms with Crippen molar-refractivity contribution in [1.29, 1.82) is 0 Å². The van der Waals surface area contributed by atoms with Gasteiger partial charge in [-0.2, -0.15) is 0 Å². The van der Waals surface area contributed by atoms with Crippen molar-refractivity contribution in [2.45, 2.75) is 13.8 Å².